The summed E-state index contributed by atoms with van der Waals surface area (Å²) < 4.78 is 4.75. The molecule has 0 aliphatic heterocycles. The Hall–Kier alpha value is -2.70. The number of hydrogen-bond acceptors (Lipinski definition) is 6. The molecular weight excluding hydrogens is 254 g/mol. The van der Waals surface area contributed by atoms with Crippen molar-refractivity contribution >= 4 is 23.4 Å². The molecular formula is C12H11NO6. The van der Waals surface area contributed by atoms with Crippen molar-refractivity contribution in [3.8, 4) is 0 Å². The number of ketones is 1. The van der Waals surface area contributed by atoms with E-state index in [4.69, 9.17) is 15.1 Å². The van der Waals surface area contributed by atoms with Crippen molar-refractivity contribution in [2.75, 3.05) is 0 Å². The van der Waals surface area contributed by atoms with Gasteiger partial charge >= 0.3 is 11.9 Å². The zero-order valence-electron chi connectivity index (χ0n) is 9.99. The number of oxime groups is 1. The molecule has 0 radical (unpaired) electrons. The van der Waals surface area contributed by atoms with Crippen LogP contribution in [-0.4, -0.2) is 33.7 Å². The Balaban J connectivity index is 2.84. The third kappa shape index (κ3) is 3.91. The van der Waals surface area contributed by atoms with Gasteiger partial charge in [-0.3, -0.25) is 9.59 Å². The third-order valence-electron chi connectivity index (χ3n) is 2.18. The molecule has 0 amide bonds. The van der Waals surface area contributed by atoms with Crippen LogP contribution in [0.4, 0.5) is 0 Å². The van der Waals surface area contributed by atoms with Crippen LogP contribution in [0.3, 0.4) is 0 Å². The molecule has 0 fully saturated rings. The predicted octanol–water partition coefficient (Wildman–Crippen LogP) is 0.847. The largest absolute Gasteiger partial charge is 0.476 e. The van der Waals surface area contributed by atoms with E-state index in [9.17, 15) is 14.4 Å². The molecule has 0 atom stereocenters. The van der Waals surface area contributed by atoms with Crippen molar-refractivity contribution in [2.45, 2.75) is 13.5 Å². The maximum atomic E-state index is 11.6. The lowest BCUT2D eigenvalue weighted by Gasteiger charge is -2.03. The zero-order valence-corrected chi connectivity index (χ0v) is 9.99. The molecule has 0 heterocycles. The summed E-state index contributed by atoms with van der Waals surface area (Å²) in [6.45, 7) is 1.33. The fourth-order valence-corrected chi connectivity index (χ4v) is 1.26. The summed E-state index contributed by atoms with van der Waals surface area (Å²) in [5, 5.41) is 19.5. The average Bonchev–Trinajstić information content (AvgIpc) is 2.37. The number of nitrogens with zero attached hydrogens (tertiary/aromatic N) is 1. The molecule has 0 aliphatic rings. The molecule has 19 heavy (non-hydrogen) atoms. The highest BCUT2D eigenvalue weighted by molar-refractivity contribution is 6.67. The Morgan fingerprint density at radius 2 is 1.79 bits per heavy atom. The van der Waals surface area contributed by atoms with E-state index in [1.165, 1.54) is 31.2 Å². The normalized spacial score (nSPS) is 10.9. The number of ether oxygens (including phenoxy) is 1. The fourth-order valence-electron chi connectivity index (χ4n) is 1.26. The first-order valence-electron chi connectivity index (χ1n) is 5.18. The second kappa shape index (κ2) is 6.29. The van der Waals surface area contributed by atoms with Crippen LogP contribution in [0, 0.1) is 0 Å². The van der Waals surface area contributed by atoms with Crippen LogP contribution in [-0.2, 0) is 20.9 Å². The molecule has 0 bridgehead atoms. The summed E-state index contributed by atoms with van der Waals surface area (Å²) in [5.74, 6) is -2.95. The number of carbonyl (C=O) groups is 3. The second-order valence-electron chi connectivity index (χ2n) is 3.56. The number of carboxylic acids is 1. The summed E-state index contributed by atoms with van der Waals surface area (Å²) in [6, 6.07) is 5.73. The van der Waals surface area contributed by atoms with Crippen molar-refractivity contribution in [2.24, 2.45) is 5.16 Å². The first-order valence-corrected chi connectivity index (χ1v) is 5.18. The molecule has 7 heteroatoms. The monoisotopic (exact) mass is 265 g/mol. The van der Waals surface area contributed by atoms with Gasteiger partial charge in [-0.05, 0) is 5.56 Å². The zero-order chi connectivity index (χ0) is 14.4. The molecule has 1 aromatic rings. The smallest absolute Gasteiger partial charge is 0.362 e. The van der Waals surface area contributed by atoms with Crippen LogP contribution in [0.1, 0.15) is 22.8 Å². The van der Waals surface area contributed by atoms with Crippen LogP contribution in [0.5, 0.6) is 0 Å². The van der Waals surface area contributed by atoms with Crippen LogP contribution in [0.25, 0.3) is 0 Å². The van der Waals surface area contributed by atoms with Gasteiger partial charge in [0.15, 0.2) is 0 Å². The van der Waals surface area contributed by atoms with Crippen LogP contribution >= 0.6 is 0 Å². The Morgan fingerprint density at radius 3 is 2.21 bits per heavy atom. The third-order valence-corrected chi connectivity index (χ3v) is 2.18. The number of aliphatic carboxylic acids is 1. The predicted molar refractivity (Wildman–Crippen MR) is 63.1 cm³/mol. The minimum absolute atomic E-state index is 0.0572. The van der Waals surface area contributed by atoms with Gasteiger partial charge in [0.25, 0.3) is 0 Å². The summed E-state index contributed by atoms with van der Waals surface area (Å²) in [5.41, 5.74) is -0.265. The van der Waals surface area contributed by atoms with Crippen LogP contribution < -0.4 is 0 Å². The number of benzene rings is 1. The molecule has 0 spiro atoms. The van der Waals surface area contributed by atoms with Gasteiger partial charge in [-0.2, -0.15) is 0 Å². The van der Waals surface area contributed by atoms with E-state index < -0.39 is 23.4 Å². The van der Waals surface area contributed by atoms with Crippen molar-refractivity contribution in [3.05, 3.63) is 35.4 Å². The van der Waals surface area contributed by atoms with Crippen molar-refractivity contribution < 1.29 is 29.4 Å². The number of carboxylic acid groups (broad SMARTS) is 1. The molecule has 0 saturated heterocycles. The van der Waals surface area contributed by atoms with Gasteiger partial charge in [-0.25, -0.2) is 4.79 Å². The Labute approximate surface area is 108 Å². The number of carbonyl (C=O) groups excluding carboxylic acids is 2. The molecule has 0 aromatic heterocycles. The fraction of sp³-hybridized carbons (Fsp3) is 0.167. The molecule has 7 nitrogen and oxygen atoms in total. The van der Waals surface area contributed by atoms with E-state index >= 15 is 0 Å². The van der Waals surface area contributed by atoms with E-state index in [1.807, 2.05) is 0 Å². The SMILES string of the molecule is CC(=O)OCc1ccc(C(=O)C(=NO)C(=O)O)cc1. The van der Waals surface area contributed by atoms with E-state index in [-0.39, 0.29) is 12.2 Å². The Morgan fingerprint density at radius 1 is 1.21 bits per heavy atom. The average molecular weight is 265 g/mol. The van der Waals surface area contributed by atoms with Crippen molar-refractivity contribution in [1.29, 1.82) is 0 Å². The number of esters is 1. The quantitative estimate of drug-likeness (QED) is 0.204. The van der Waals surface area contributed by atoms with E-state index in [0.29, 0.717) is 5.56 Å². The lowest BCUT2D eigenvalue weighted by Crippen LogP contribution is -2.23. The minimum atomic E-state index is -1.61. The second-order valence-corrected chi connectivity index (χ2v) is 3.56. The van der Waals surface area contributed by atoms with Gasteiger partial charge in [0, 0.05) is 12.5 Å². The molecule has 0 saturated carbocycles. The van der Waals surface area contributed by atoms with Gasteiger partial charge < -0.3 is 15.1 Å². The summed E-state index contributed by atoms with van der Waals surface area (Å²) in [4.78, 5) is 32.9. The van der Waals surface area contributed by atoms with Gasteiger partial charge in [-0.1, -0.05) is 29.4 Å². The lowest BCUT2D eigenvalue weighted by atomic mass is 10.1. The highest BCUT2D eigenvalue weighted by Gasteiger charge is 2.21. The van der Waals surface area contributed by atoms with Crippen molar-refractivity contribution in [1.82, 2.24) is 0 Å². The first-order chi connectivity index (χ1) is 8.95. The highest BCUT2D eigenvalue weighted by Crippen LogP contribution is 2.08. The molecule has 1 rings (SSSR count). The van der Waals surface area contributed by atoms with E-state index in [1.54, 1.807) is 0 Å². The first kappa shape index (κ1) is 14.4. The topological polar surface area (TPSA) is 113 Å². The summed E-state index contributed by atoms with van der Waals surface area (Å²) >= 11 is 0. The maximum absolute atomic E-state index is 11.6. The van der Waals surface area contributed by atoms with Gasteiger partial charge in [-0.15, -0.1) is 0 Å². The summed E-state index contributed by atoms with van der Waals surface area (Å²) in [6.07, 6.45) is 0. The molecule has 100 valence electrons. The van der Waals surface area contributed by atoms with Crippen molar-refractivity contribution in [3.63, 3.8) is 0 Å². The molecule has 0 aliphatic carbocycles. The molecule has 0 unspecified atom stereocenters. The Kier molecular flexibility index (Phi) is 4.76. The van der Waals surface area contributed by atoms with Gasteiger partial charge in [0.1, 0.15) is 6.61 Å². The van der Waals surface area contributed by atoms with E-state index in [0.717, 1.165) is 0 Å². The van der Waals surface area contributed by atoms with Gasteiger partial charge in [0.2, 0.25) is 11.5 Å². The summed E-state index contributed by atoms with van der Waals surface area (Å²) in [7, 11) is 0. The maximum Gasteiger partial charge on any atom is 0.362 e. The highest BCUT2D eigenvalue weighted by atomic mass is 16.5. The van der Waals surface area contributed by atoms with E-state index in [2.05, 4.69) is 5.16 Å². The minimum Gasteiger partial charge on any atom is -0.476 e. The standard InChI is InChI=1S/C12H11NO6/c1-7(14)19-6-8-2-4-9(5-3-8)11(15)10(13-18)12(16)17/h2-5,18H,6H2,1H3,(H,16,17). The lowest BCUT2D eigenvalue weighted by molar-refractivity contribution is -0.142. The van der Waals surface area contributed by atoms with Crippen LogP contribution in [0.15, 0.2) is 29.4 Å². The number of Topliss-reactive ketones (excluding diaryl/α,β-unsaturated/α-hetero) is 1. The Bertz CT molecular complexity index is 532. The number of hydrogen-bond donors (Lipinski definition) is 2. The number of rotatable bonds is 5. The van der Waals surface area contributed by atoms with Crippen LogP contribution in [0.2, 0.25) is 0 Å². The molecule has 2 N–H and O–H groups in total. The van der Waals surface area contributed by atoms with Gasteiger partial charge in [0.05, 0.1) is 0 Å². The molecule has 1 aromatic carbocycles.